The molecule has 0 atom stereocenters. The van der Waals surface area contributed by atoms with Crippen LogP contribution in [0, 0.1) is 12.7 Å². The largest absolute Gasteiger partial charge is 0.326 e. The van der Waals surface area contributed by atoms with E-state index in [-0.39, 0.29) is 16.4 Å². The van der Waals surface area contributed by atoms with Crippen molar-refractivity contribution in [2.24, 2.45) is 5.73 Å². The summed E-state index contributed by atoms with van der Waals surface area (Å²) in [6.07, 6.45) is 0. The van der Waals surface area contributed by atoms with Gasteiger partial charge in [-0.3, -0.25) is 4.72 Å². The molecule has 0 unspecified atom stereocenters. The molecule has 7 heteroatoms. The Morgan fingerprint density at radius 3 is 2.63 bits per heavy atom. The molecule has 1 aromatic heterocycles. The predicted octanol–water partition coefficient (Wildman–Crippen LogP) is 2.46. The van der Waals surface area contributed by atoms with Gasteiger partial charge in [-0.25, -0.2) is 12.8 Å². The van der Waals surface area contributed by atoms with Crippen molar-refractivity contribution in [3.8, 4) is 0 Å². The zero-order valence-corrected chi connectivity index (χ0v) is 11.8. The third-order valence-electron chi connectivity index (χ3n) is 2.57. The van der Waals surface area contributed by atoms with Crippen molar-refractivity contribution in [3.05, 3.63) is 46.6 Å². The molecule has 102 valence electrons. The standard InChI is InChI=1S/C12H13FN2O2S2/c1-8-6-12(18-11(8)7-14)19(16,17)15-10-5-3-2-4-9(10)13/h2-6,15H,7,14H2,1H3. The average Bonchev–Trinajstić information content (AvgIpc) is 2.74. The molecule has 0 spiro atoms. The Bertz CT molecular complexity index is 696. The van der Waals surface area contributed by atoms with E-state index in [4.69, 9.17) is 5.73 Å². The molecule has 0 amide bonds. The number of rotatable bonds is 4. The maximum absolute atomic E-state index is 13.4. The molecular weight excluding hydrogens is 287 g/mol. The molecule has 3 N–H and O–H groups in total. The fourth-order valence-corrected chi connectivity index (χ4v) is 4.10. The van der Waals surface area contributed by atoms with Crippen LogP contribution in [0.25, 0.3) is 0 Å². The van der Waals surface area contributed by atoms with E-state index in [1.54, 1.807) is 13.0 Å². The van der Waals surface area contributed by atoms with Crippen molar-refractivity contribution in [3.63, 3.8) is 0 Å². The molecule has 4 nitrogen and oxygen atoms in total. The van der Waals surface area contributed by atoms with E-state index >= 15 is 0 Å². The molecular formula is C12H13FN2O2S2. The quantitative estimate of drug-likeness (QED) is 0.911. The average molecular weight is 300 g/mol. The lowest BCUT2D eigenvalue weighted by Crippen LogP contribution is -2.12. The van der Waals surface area contributed by atoms with Crippen LogP contribution in [0.4, 0.5) is 10.1 Å². The number of hydrogen-bond donors (Lipinski definition) is 2. The van der Waals surface area contributed by atoms with Crippen molar-refractivity contribution < 1.29 is 12.8 Å². The van der Waals surface area contributed by atoms with E-state index in [0.29, 0.717) is 0 Å². The number of aryl methyl sites for hydroxylation is 1. The number of nitrogens with one attached hydrogen (secondary N) is 1. The van der Waals surface area contributed by atoms with Crippen molar-refractivity contribution in [2.45, 2.75) is 17.7 Å². The lowest BCUT2D eigenvalue weighted by atomic mass is 10.3. The Balaban J connectivity index is 2.35. The SMILES string of the molecule is Cc1cc(S(=O)(=O)Nc2ccccc2F)sc1CN. The Kier molecular flexibility index (Phi) is 3.88. The Morgan fingerprint density at radius 1 is 1.37 bits per heavy atom. The molecule has 0 saturated heterocycles. The summed E-state index contributed by atoms with van der Waals surface area (Å²) in [5.41, 5.74) is 6.27. The lowest BCUT2D eigenvalue weighted by Gasteiger charge is -2.06. The number of halogens is 1. The molecule has 0 bridgehead atoms. The van der Waals surface area contributed by atoms with Gasteiger partial charge in [0.1, 0.15) is 10.0 Å². The van der Waals surface area contributed by atoms with Crippen LogP contribution in [0.2, 0.25) is 0 Å². The van der Waals surface area contributed by atoms with Crippen molar-refractivity contribution >= 4 is 27.0 Å². The van der Waals surface area contributed by atoms with Gasteiger partial charge in [-0.05, 0) is 30.7 Å². The van der Waals surface area contributed by atoms with E-state index in [1.165, 1.54) is 24.3 Å². The molecule has 2 aromatic rings. The molecule has 1 aromatic carbocycles. The molecule has 0 aliphatic carbocycles. The van der Waals surface area contributed by atoms with Gasteiger partial charge in [0.2, 0.25) is 0 Å². The normalized spacial score (nSPS) is 11.5. The molecule has 2 rings (SSSR count). The van der Waals surface area contributed by atoms with Gasteiger partial charge >= 0.3 is 0 Å². The number of para-hydroxylation sites is 1. The number of nitrogens with two attached hydrogens (primary N) is 1. The Morgan fingerprint density at radius 2 is 2.05 bits per heavy atom. The summed E-state index contributed by atoms with van der Waals surface area (Å²) in [5, 5.41) is 0. The molecule has 0 radical (unpaired) electrons. The minimum absolute atomic E-state index is 0.0668. The summed E-state index contributed by atoms with van der Waals surface area (Å²) < 4.78 is 40.1. The highest BCUT2D eigenvalue weighted by atomic mass is 32.2. The maximum atomic E-state index is 13.4. The summed E-state index contributed by atoms with van der Waals surface area (Å²) in [4.78, 5) is 0.800. The molecule has 0 aliphatic heterocycles. The van der Waals surface area contributed by atoms with Crippen LogP contribution >= 0.6 is 11.3 Å². The van der Waals surface area contributed by atoms with Crippen LogP contribution in [0.5, 0.6) is 0 Å². The number of thiophene rings is 1. The number of anilines is 1. The fraction of sp³-hybridized carbons (Fsp3) is 0.167. The van der Waals surface area contributed by atoms with Crippen LogP contribution in [-0.2, 0) is 16.6 Å². The molecule has 19 heavy (non-hydrogen) atoms. The van der Waals surface area contributed by atoms with Crippen molar-refractivity contribution in [1.82, 2.24) is 0 Å². The van der Waals surface area contributed by atoms with Crippen LogP contribution < -0.4 is 10.5 Å². The molecule has 0 saturated carbocycles. The lowest BCUT2D eigenvalue weighted by molar-refractivity contribution is 0.600. The summed E-state index contributed by atoms with van der Waals surface area (Å²) in [5.74, 6) is -0.613. The van der Waals surface area contributed by atoms with E-state index in [0.717, 1.165) is 21.8 Å². The topological polar surface area (TPSA) is 72.2 Å². The first-order valence-electron chi connectivity index (χ1n) is 5.51. The van der Waals surface area contributed by atoms with E-state index in [9.17, 15) is 12.8 Å². The molecule has 0 fully saturated rings. The second-order valence-corrected chi connectivity index (χ2v) is 7.01. The Hall–Kier alpha value is -1.44. The predicted molar refractivity (Wildman–Crippen MR) is 74.2 cm³/mol. The molecule has 1 heterocycles. The second kappa shape index (κ2) is 5.28. The van der Waals surface area contributed by atoms with Crippen LogP contribution in [0.3, 0.4) is 0 Å². The zero-order valence-electron chi connectivity index (χ0n) is 10.2. The summed E-state index contributed by atoms with van der Waals surface area (Å²) >= 11 is 1.09. The zero-order chi connectivity index (χ0) is 14.0. The third kappa shape index (κ3) is 2.94. The summed E-state index contributed by atoms with van der Waals surface area (Å²) in [6.45, 7) is 2.08. The van der Waals surface area contributed by atoms with E-state index < -0.39 is 15.8 Å². The van der Waals surface area contributed by atoms with Crippen LogP contribution in [0.1, 0.15) is 10.4 Å². The van der Waals surface area contributed by atoms with Gasteiger partial charge in [-0.1, -0.05) is 12.1 Å². The van der Waals surface area contributed by atoms with Crippen molar-refractivity contribution in [1.29, 1.82) is 0 Å². The van der Waals surface area contributed by atoms with Gasteiger partial charge in [0.25, 0.3) is 10.0 Å². The summed E-state index contributed by atoms with van der Waals surface area (Å²) in [6, 6.07) is 7.16. The van der Waals surface area contributed by atoms with Gasteiger partial charge < -0.3 is 5.73 Å². The number of benzene rings is 1. The van der Waals surface area contributed by atoms with E-state index in [1.807, 2.05) is 0 Å². The second-order valence-electron chi connectivity index (χ2n) is 3.96. The van der Waals surface area contributed by atoms with E-state index in [2.05, 4.69) is 4.72 Å². The minimum Gasteiger partial charge on any atom is -0.326 e. The minimum atomic E-state index is -3.77. The fourth-order valence-electron chi connectivity index (χ4n) is 1.56. The van der Waals surface area contributed by atoms with Gasteiger partial charge in [-0.2, -0.15) is 0 Å². The monoisotopic (exact) mass is 300 g/mol. The smallest absolute Gasteiger partial charge is 0.271 e. The first kappa shape index (κ1) is 14.0. The Labute approximate surface area is 115 Å². The summed E-state index contributed by atoms with van der Waals surface area (Å²) in [7, 11) is -3.77. The van der Waals surface area contributed by atoms with Gasteiger partial charge in [0, 0.05) is 11.4 Å². The first-order chi connectivity index (χ1) is 8.94. The highest BCUT2D eigenvalue weighted by molar-refractivity contribution is 7.94. The third-order valence-corrected chi connectivity index (χ3v) is 5.66. The molecule has 0 aliphatic rings. The number of hydrogen-bond acceptors (Lipinski definition) is 4. The van der Waals surface area contributed by atoms with Crippen molar-refractivity contribution in [2.75, 3.05) is 4.72 Å². The van der Waals surface area contributed by atoms with Crippen LogP contribution in [0.15, 0.2) is 34.5 Å². The van der Waals surface area contributed by atoms with Crippen LogP contribution in [-0.4, -0.2) is 8.42 Å². The first-order valence-corrected chi connectivity index (χ1v) is 7.80. The van der Waals surface area contributed by atoms with Gasteiger partial charge in [0.15, 0.2) is 0 Å². The highest BCUT2D eigenvalue weighted by Crippen LogP contribution is 2.27. The van der Waals surface area contributed by atoms with Gasteiger partial charge in [0.05, 0.1) is 5.69 Å². The maximum Gasteiger partial charge on any atom is 0.271 e. The number of sulfonamides is 1. The van der Waals surface area contributed by atoms with Gasteiger partial charge in [-0.15, -0.1) is 11.3 Å². The highest BCUT2D eigenvalue weighted by Gasteiger charge is 2.19.